The van der Waals surface area contributed by atoms with E-state index in [2.05, 4.69) is 16.8 Å². The molecule has 2 aromatic carbocycles. The van der Waals surface area contributed by atoms with Crippen molar-refractivity contribution in [2.24, 2.45) is 0 Å². The second-order valence-corrected chi connectivity index (χ2v) is 8.76. The predicted octanol–water partition coefficient (Wildman–Crippen LogP) is 4.30. The third kappa shape index (κ3) is 3.18. The van der Waals surface area contributed by atoms with Gasteiger partial charge in [0.2, 0.25) is 0 Å². The van der Waals surface area contributed by atoms with Gasteiger partial charge < -0.3 is 4.57 Å². The Kier molecular flexibility index (Phi) is 4.38. The van der Waals surface area contributed by atoms with Gasteiger partial charge in [-0.3, -0.25) is 0 Å². The zero-order valence-corrected chi connectivity index (χ0v) is 13.4. The molecule has 0 radical (unpaired) electrons. The minimum Gasteiger partial charge on any atom is -0.314 e. The molecule has 0 aliphatic rings. The number of rotatable bonds is 5. The molecule has 0 saturated carbocycles. The first-order valence-electron chi connectivity index (χ1n) is 7.00. The Labute approximate surface area is 129 Å². The Morgan fingerprint density at radius 1 is 0.810 bits per heavy atom. The summed E-state index contributed by atoms with van der Waals surface area (Å²) >= 11 is 1.69. The van der Waals surface area contributed by atoms with E-state index >= 15 is 0 Å². The van der Waals surface area contributed by atoms with Crippen LogP contribution >= 0.6 is 18.5 Å². The van der Waals surface area contributed by atoms with Crippen molar-refractivity contribution in [3.8, 4) is 0 Å². The molecule has 3 rings (SSSR count). The van der Waals surface area contributed by atoms with E-state index in [9.17, 15) is 4.57 Å². The highest BCUT2D eigenvalue weighted by Gasteiger charge is 2.26. The summed E-state index contributed by atoms with van der Waals surface area (Å²) in [6.07, 6.45) is 1.53. The van der Waals surface area contributed by atoms with Gasteiger partial charge in [-0.25, -0.2) is 0 Å². The highest BCUT2D eigenvalue weighted by molar-refractivity contribution is 7.78. The lowest BCUT2D eigenvalue weighted by atomic mass is 10.3. The van der Waals surface area contributed by atoms with Crippen LogP contribution in [0.2, 0.25) is 0 Å². The molecule has 0 unspecified atom stereocenters. The lowest BCUT2D eigenvalue weighted by Crippen LogP contribution is -2.19. The highest BCUT2D eigenvalue weighted by Crippen LogP contribution is 2.43. The SMILES string of the molecule is O=P(CCc1ccsc1)(c1ccccc1)c1ccccc1. The van der Waals surface area contributed by atoms with Gasteiger partial charge in [0.25, 0.3) is 0 Å². The van der Waals surface area contributed by atoms with Crippen LogP contribution < -0.4 is 10.6 Å². The summed E-state index contributed by atoms with van der Waals surface area (Å²) in [5.74, 6) is 0. The van der Waals surface area contributed by atoms with E-state index in [1.54, 1.807) is 11.3 Å². The van der Waals surface area contributed by atoms with Crippen LogP contribution in [0.4, 0.5) is 0 Å². The maximum atomic E-state index is 13.7. The molecule has 0 spiro atoms. The molecule has 3 heteroatoms. The van der Waals surface area contributed by atoms with Crippen molar-refractivity contribution in [3.63, 3.8) is 0 Å². The smallest absolute Gasteiger partial charge is 0.143 e. The Balaban J connectivity index is 1.97. The van der Waals surface area contributed by atoms with Crippen LogP contribution in [0.1, 0.15) is 5.56 Å². The van der Waals surface area contributed by atoms with Gasteiger partial charge in [-0.2, -0.15) is 11.3 Å². The number of thiophene rings is 1. The number of hydrogen-bond acceptors (Lipinski definition) is 2. The molecule has 0 bridgehead atoms. The van der Waals surface area contributed by atoms with Crippen LogP contribution in [-0.2, 0) is 11.0 Å². The average Bonchev–Trinajstić information content (AvgIpc) is 3.08. The van der Waals surface area contributed by atoms with Gasteiger partial charge in [0.1, 0.15) is 7.14 Å². The standard InChI is InChI=1S/C18H17OPS/c19-20(17-7-3-1-4-8-17,18-9-5-2-6-10-18)13-11-16-12-14-21-15-16/h1-10,12,14-15H,11,13H2. The summed E-state index contributed by atoms with van der Waals surface area (Å²) in [5, 5.41) is 6.11. The molecule has 0 fully saturated rings. The van der Waals surface area contributed by atoms with Crippen molar-refractivity contribution >= 4 is 29.1 Å². The first kappa shape index (κ1) is 14.3. The van der Waals surface area contributed by atoms with Crippen LogP contribution in [0, 0.1) is 0 Å². The van der Waals surface area contributed by atoms with Gasteiger partial charge >= 0.3 is 0 Å². The Morgan fingerprint density at radius 3 is 1.86 bits per heavy atom. The van der Waals surface area contributed by atoms with Crippen molar-refractivity contribution in [3.05, 3.63) is 83.1 Å². The molecule has 1 aromatic heterocycles. The first-order chi connectivity index (χ1) is 10.3. The molecule has 0 aliphatic carbocycles. The monoisotopic (exact) mass is 312 g/mol. The fraction of sp³-hybridized carbons (Fsp3) is 0.111. The zero-order chi connectivity index (χ0) is 14.5. The van der Waals surface area contributed by atoms with E-state index in [-0.39, 0.29) is 0 Å². The highest BCUT2D eigenvalue weighted by atomic mass is 32.1. The van der Waals surface area contributed by atoms with Gasteiger partial charge in [0.05, 0.1) is 0 Å². The molecule has 1 nitrogen and oxygen atoms in total. The molecule has 0 saturated heterocycles. The van der Waals surface area contributed by atoms with Crippen molar-refractivity contribution in [2.45, 2.75) is 6.42 Å². The fourth-order valence-electron chi connectivity index (χ4n) is 2.47. The maximum absolute atomic E-state index is 13.7. The van der Waals surface area contributed by atoms with Crippen LogP contribution in [-0.4, -0.2) is 6.16 Å². The van der Waals surface area contributed by atoms with Gasteiger partial charge in [-0.05, 0) is 28.8 Å². The van der Waals surface area contributed by atoms with E-state index in [1.165, 1.54) is 5.56 Å². The van der Waals surface area contributed by atoms with Gasteiger partial charge in [-0.1, -0.05) is 60.7 Å². The molecule has 1 heterocycles. The summed E-state index contributed by atoms with van der Waals surface area (Å²) in [7, 11) is -2.56. The normalized spacial score (nSPS) is 11.4. The van der Waals surface area contributed by atoms with Crippen LogP contribution in [0.15, 0.2) is 77.5 Å². The third-order valence-corrected chi connectivity index (χ3v) is 7.49. The summed E-state index contributed by atoms with van der Waals surface area (Å²) in [4.78, 5) is 0. The first-order valence-corrected chi connectivity index (χ1v) is 9.84. The van der Waals surface area contributed by atoms with Gasteiger partial charge in [-0.15, -0.1) is 0 Å². The molecule has 0 N–H and O–H groups in total. The number of benzene rings is 2. The molecular weight excluding hydrogens is 295 g/mol. The second-order valence-electron chi connectivity index (χ2n) is 5.02. The lowest BCUT2D eigenvalue weighted by molar-refractivity contribution is 0.586. The van der Waals surface area contributed by atoms with Crippen LogP contribution in [0.5, 0.6) is 0 Å². The average molecular weight is 312 g/mol. The molecule has 3 aromatic rings. The minimum absolute atomic E-state index is 0.678. The van der Waals surface area contributed by atoms with E-state index in [1.807, 2.05) is 60.7 Å². The van der Waals surface area contributed by atoms with Gasteiger partial charge in [0.15, 0.2) is 0 Å². The molecular formula is C18H17OPS. The number of aryl methyl sites for hydroxylation is 1. The van der Waals surface area contributed by atoms with Crippen LogP contribution in [0.25, 0.3) is 0 Å². The molecule has 0 amide bonds. The fourth-order valence-corrected chi connectivity index (χ4v) is 5.86. The molecule has 106 valence electrons. The van der Waals surface area contributed by atoms with Crippen molar-refractivity contribution in [1.82, 2.24) is 0 Å². The Morgan fingerprint density at radius 2 is 1.38 bits per heavy atom. The van der Waals surface area contributed by atoms with Gasteiger partial charge in [0, 0.05) is 16.8 Å². The molecule has 0 aliphatic heterocycles. The molecule has 0 atom stereocenters. The van der Waals surface area contributed by atoms with E-state index in [4.69, 9.17) is 0 Å². The van der Waals surface area contributed by atoms with E-state index in [0.29, 0.717) is 6.16 Å². The second kappa shape index (κ2) is 6.43. The zero-order valence-electron chi connectivity index (χ0n) is 11.7. The van der Waals surface area contributed by atoms with E-state index < -0.39 is 7.14 Å². The van der Waals surface area contributed by atoms with Crippen LogP contribution in [0.3, 0.4) is 0 Å². The summed E-state index contributed by atoms with van der Waals surface area (Å²) in [5.41, 5.74) is 1.27. The van der Waals surface area contributed by atoms with Crippen molar-refractivity contribution in [2.75, 3.05) is 6.16 Å². The third-order valence-electron chi connectivity index (χ3n) is 3.64. The lowest BCUT2D eigenvalue weighted by Gasteiger charge is -2.19. The predicted molar refractivity (Wildman–Crippen MR) is 92.6 cm³/mol. The summed E-state index contributed by atoms with van der Waals surface area (Å²) in [6, 6.07) is 21.9. The summed E-state index contributed by atoms with van der Waals surface area (Å²) in [6.45, 7) is 0. The topological polar surface area (TPSA) is 17.1 Å². The largest absolute Gasteiger partial charge is 0.314 e. The Hall–Kier alpha value is -1.63. The molecule has 21 heavy (non-hydrogen) atoms. The quantitative estimate of drug-likeness (QED) is 0.642. The minimum atomic E-state index is -2.56. The Bertz CT molecular complexity index is 677. The van der Waals surface area contributed by atoms with E-state index in [0.717, 1.165) is 17.0 Å². The maximum Gasteiger partial charge on any atom is 0.143 e. The summed E-state index contributed by atoms with van der Waals surface area (Å²) < 4.78 is 13.7. The number of hydrogen-bond donors (Lipinski definition) is 0. The van der Waals surface area contributed by atoms with Crippen molar-refractivity contribution in [1.29, 1.82) is 0 Å². The van der Waals surface area contributed by atoms with Crippen molar-refractivity contribution < 1.29 is 4.57 Å².